The summed E-state index contributed by atoms with van der Waals surface area (Å²) in [5.74, 6) is 1.33. The molecule has 4 heterocycles. The van der Waals surface area contributed by atoms with Gasteiger partial charge in [0.1, 0.15) is 0 Å². The molecule has 2 aliphatic heterocycles. The first-order valence-corrected chi connectivity index (χ1v) is 11.6. The number of hydrogen-bond acceptors (Lipinski definition) is 5. The van der Waals surface area contributed by atoms with Crippen LogP contribution in [0.25, 0.3) is 22.6 Å². The monoisotopic (exact) mass is 471 g/mol. The second-order valence-electron chi connectivity index (χ2n) is 8.54. The third-order valence-corrected chi connectivity index (χ3v) is 6.59. The molecule has 4 aromatic rings. The lowest BCUT2D eigenvalue weighted by atomic mass is 9.99. The van der Waals surface area contributed by atoms with Crippen LogP contribution in [0, 0.1) is 0 Å². The maximum Gasteiger partial charge on any atom is 0.327 e. The van der Waals surface area contributed by atoms with Crippen LogP contribution in [0.15, 0.2) is 77.7 Å². The Balaban J connectivity index is 1.36. The van der Waals surface area contributed by atoms with Crippen LogP contribution in [0.1, 0.15) is 12.8 Å². The van der Waals surface area contributed by atoms with Gasteiger partial charge in [-0.3, -0.25) is 4.90 Å². The molecule has 34 heavy (non-hydrogen) atoms. The minimum Gasteiger partial charge on any atom is -0.444 e. The number of carbonyl (C=O) groups is 1. The fourth-order valence-corrected chi connectivity index (χ4v) is 4.98. The van der Waals surface area contributed by atoms with E-state index in [1.165, 1.54) is 6.39 Å². The van der Waals surface area contributed by atoms with Gasteiger partial charge >= 0.3 is 6.03 Å². The lowest BCUT2D eigenvalue weighted by molar-refractivity contribution is 0.252. The number of carbonyl (C=O) groups excluding carboxylic acids is 1. The topological polar surface area (TPSA) is 74.5 Å². The van der Waals surface area contributed by atoms with Crippen molar-refractivity contribution >= 4 is 34.8 Å². The molecule has 2 aliphatic rings. The van der Waals surface area contributed by atoms with Gasteiger partial charge in [-0.1, -0.05) is 35.9 Å². The first kappa shape index (κ1) is 20.7. The summed E-state index contributed by atoms with van der Waals surface area (Å²) >= 11 is 6.21. The molecule has 0 unspecified atom stereocenters. The van der Waals surface area contributed by atoms with E-state index in [-0.39, 0.29) is 12.1 Å². The van der Waals surface area contributed by atoms with Crippen LogP contribution in [-0.4, -0.2) is 35.1 Å². The molecule has 0 spiro atoms. The molecule has 2 aromatic heterocycles. The zero-order valence-electron chi connectivity index (χ0n) is 18.3. The van der Waals surface area contributed by atoms with Crippen LogP contribution in [0.2, 0.25) is 5.02 Å². The number of rotatable bonds is 3. The number of nitrogens with zero attached hydrogens (tertiary/aromatic N) is 4. The maximum absolute atomic E-state index is 13.6. The standard InChI is InChI=1S/C26H22ClN5O2/c27-19-6-1-4-17(12-19)22-9-10-23-25(30-22)32(21-8-3-11-31(23)15-21)26(33)29-20-7-2-5-18(13-20)24-14-28-16-34-24/h1-2,4-7,9-10,12-14,16,21H,3,8,11,15H2,(H,29,33)/t21-/m0/s1. The summed E-state index contributed by atoms with van der Waals surface area (Å²) in [7, 11) is 0. The Kier molecular flexibility index (Phi) is 5.19. The van der Waals surface area contributed by atoms with Gasteiger partial charge in [-0.25, -0.2) is 14.8 Å². The van der Waals surface area contributed by atoms with Crippen LogP contribution in [-0.2, 0) is 0 Å². The summed E-state index contributed by atoms with van der Waals surface area (Å²) < 4.78 is 5.40. The van der Waals surface area contributed by atoms with Gasteiger partial charge in [-0.15, -0.1) is 0 Å². The van der Waals surface area contributed by atoms with Crippen molar-refractivity contribution in [3.05, 3.63) is 78.3 Å². The molecule has 0 saturated carbocycles. The van der Waals surface area contributed by atoms with Crippen molar-refractivity contribution in [1.29, 1.82) is 0 Å². The van der Waals surface area contributed by atoms with Crippen molar-refractivity contribution in [3.63, 3.8) is 0 Å². The molecule has 8 heteroatoms. The van der Waals surface area contributed by atoms with E-state index in [2.05, 4.69) is 21.3 Å². The number of halogens is 1. The summed E-state index contributed by atoms with van der Waals surface area (Å²) in [6.45, 7) is 1.77. The molecule has 1 fully saturated rings. The second kappa shape index (κ2) is 8.50. The molecule has 6 rings (SSSR count). The summed E-state index contributed by atoms with van der Waals surface area (Å²) in [6, 6.07) is 19.1. The van der Waals surface area contributed by atoms with Crippen molar-refractivity contribution in [2.75, 3.05) is 28.2 Å². The highest BCUT2D eigenvalue weighted by Gasteiger charge is 2.38. The van der Waals surface area contributed by atoms with Crippen molar-refractivity contribution in [2.24, 2.45) is 0 Å². The van der Waals surface area contributed by atoms with E-state index < -0.39 is 0 Å². The molecule has 1 N–H and O–H groups in total. The predicted octanol–water partition coefficient (Wildman–Crippen LogP) is 6.08. The van der Waals surface area contributed by atoms with E-state index in [1.807, 2.05) is 59.5 Å². The number of benzene rings is 2. The van der Waals surface area contributed by atoms with Gasteiger partial charge < -0.3 is 14.6 Å². The van der Waals surface area contributed by atoms with E-state index in [9.17, 15) is 4.79 Å². The highest BCUT2D eigenvalue weighted by atomic mass is 35.5. The van der Waals surface area contributed by atoms with Gasteiger partial charge in [0.2, 0.25) is 0 Å². The minimum atomic E-state index is -0.196. The van der Waals surface area contributed by atoms with Crippen LogP contribution < -0.4 is 15.1 Å². The fraction of sp³-hybridized carbons (Fsp3) is 0.192. The number of nitrogens with one attached hydrogen (secondary N) is 1. The van der Waals surface area contributed by atoms with Gasteiger partial charge in [-0.05, 0) is 49.2 Å². The molecule has 0 aliphatic carbocycles. The molecule has 2 amide bonds. The second-order valence-corrected chi connectivity index (χ2v) is 8.97. The summed E-state index contributed by atoms with van der Waals surface area (Å²) in [6.07, 6.45) is 5.01. The van der Waals surface area contributed by atoms with Gasteiger partial charge in [0.15, 0.2) is 18.0 Å². The average molecular weight is 472 g/mol. The summed E-state index contributed by atoms with van der Waals surface area (Å²) in [5, 5.41) is 3.72. The highest BCUT2D eigenvalue weighted by molar-refractivity contribution is 6.30. The van der Waals surface area contributed by atoms with Gasteiger partial charge in [-0.2, -0.15) is 0 Å². The van der Waals surface area contributed by atoms with Gasteiger partial charge in [0.25, 0.3) is 0 Å². The average Bonchev–Trinajstić information content (AvgIpc) is 3.39. The predicted molar refractivity (Wildman–Crippen MR) is 133 cm³/mol. The number of pyridine rings is 1. The molecule has 0 radical (unpaired) electrons. The Labute approximate surface area is 202 Å². The first-order valence-electron chi connectivity index (χ1n) is 11.3. The Hall–Kier alpha value is -3.84. The molecule has 7 nitrogen and oxygen atoms in total. The SMILES string of the molecule is O=C(Nc1cccc(-c2cnco2)c1)N1c2nc(-c3cccc(Cl)c3)ccc2N2CCC[C@H]1C2. The lowest BCUT2D eigenvalue weighted by Crippen LogP contribution is -2.56. The quantitative estimate of drug-likeness (QED) is 0.392. The van der Waals surface area contributed by atoms with E-state index in [0.717, 1.165) is 48.4 Å². The molecule has 170 valence electrons. The number of urea groups is 1. The number of amides is 2. The third kappa shape index (κ3) is 3.78. The summed E-state index contributed by atoms with van der Waals surface area (Å²) in [4.78, 5) is 26.7. The zero-order chi connectivity index (χ0) is 23.1. The van der Waals surface area contributed by atoms with E-state index in [0.29, 0.717) is 22.3 Å². The van der Waals surface area contributed by atoms with E-state index in [1.54, 1.807) is 6.20 Å². The number of aromatic nitrogens is 2. The van der Waals surface area contributed by atoms with Crippen LogP contribution >= 0.6 is 11.6 Å². The molecule has 1 saturated heterocycles. The Morgan fingerprint density at radius 2 is 1.97 bits per heavy atom. The smallest absolute Gasteiger partial charge is 0.327 e. The Bertz CT molecular complexity index is 1360. The number of fused-ring (bicyclic) bond motifs is 4. The van der Waals surface area contributed by atoms with Gasteiger partial charge in [0, 0.05) is 34.9 Å². The van der Waals surface area contributed by atoms with E-state index in [4.69, 9.17) is 21.0 Å². The normalized spacial score (nSPS) is 16.8. The molecular weight excluding hydrogens is 450 g/mol. The highest BCUT2D eigenvalue weighted by Crippen LogP contribution is 2.40. The number of oxazole rings is 1. The maximum atomic E-state index is 13.6. The molecule has 1 atom stereocenters. The summed E-state index contributed by atoms with van der Waals surface area (Å²) in [5.41, 5.74) is 4.21. The largest absolute Gasteiger partial charge is 0.444 e. The van der Waals surface area contributed by atoms with Crippen LogP contribution in [0.5, 0.6) is 0 Å². The van der Waals surface area contributed by atoms with Crippen molar-refractivity contribution in [3.8, 4) is 22.6 Å². The van der Waals surface area contributed by atoms with Crippen LogP contribution in [0.4, 0.5) is 22.0 Å². The van der Waals surface area contributed by atoms with Crippen molar-refractivity contribution in [2.45, 2.75) is 18.9 Å². The van der Waals surface area contributed by atoms with Gasteiger partial charge in [0.05, 0.1) is 23.6 Å². The molecule has 2 bridgehead atoms. The van der Waals surface area contributed by atoms with E-state index >= 15 is 0 Å². The minimum absolute atomic E-state index is 0.0563. The number of hydrogen-bond donors (Lipinski definition) is 1. The van der Waals surface area contributed by atoms with Crippen molar-refractivity contribution in [1.82, 2.24) is 9.97 Å². The Morgan fingerprint density at radius 3 is 2.82 bits per heavy atom. The fourth-order valence-electron chi connectivity index (χ4n) is 4.79. The third-order valence-electron chi connectivity index (χ3n) is 6.35. The molecule has 2 aromatic carbocycles. The number of anilines is 3. The van der Waals surface area contributed by atoms with Crippen LogP contribution in [0.3, 0.4) is 0 Å². The first-order chi connectivity index (χ1) is 16.7. The zero-order valence-corrected chi connectivity index (χ0v) is 19.1. The Morgan fingerprint density at radius 1 is 1.09 bits per heavy atom. The number of piperidine rings is 1. The lowest BCUT2D eigenvalue weighted by Gasteiger charge is -2.45. The molecular formula is C26H22ClN5O2. The van der Waals surface area contributed by atoms with Crippen molar-refractivity contribution < 1.29 is 9.21 Å².